The van der Waals surface area contributed by atoms with E-state index < -0.39 is 5.97 Å². The number of carbonyl (C=O) groups is 2. The number of nitrogens with zero attached hydrogens (tertiary/aromatic N) is 2. The lowest BCUT2D eigenvalue weighted by Crippen LogP contribution is -2.11. The van der Waals surface area contributed by atoms with Crippen LogP contribution in [-0.2, 0) is 4.79 Å². The number of nitrogens with one attached hydrogen (secondary N) is 1. The fourth-order valence-electron chi connectivity index (χ4n) is 4.27. The lowest BCUT2D eigenvalue weighted by molar-refractivity contribution is -0.132. The van der Waals surface area contributed by atoms with Crippen molar-refractivity contribution in [2.45, 2.75) is 20.8 Å². The highest BCUT2D eigenvalue weighted by Gasteiger charge is 2.25. The highest BCUT2D eigenvalue weighted by Crippen LogP contribution is 2.41. The zero-order valence-electron chi connectivity index (χ0n) is 21.7. The zero-order chi connectivity index (χ0) is 27.5. The molecular weight excluding hydrogens is 493 g/mol. The number of rotatable bonds is 6. The molecule has 0 unspecified atom stereocenters. The average molecular weight is 520 g/mol. The molecule has 0 aliphatic rings. The fraction of sp³-hybridized carbons (Fsp3) is 0.0938. The van der Waals surface area contributed by atoms with Crippen LogP contribution in [0.4, 0.5) is 10.1 Å². The Hall–Kier alpha value is -5.04. The van der Waals surface area contributed by atoms with Crippen molar-refractivity contribution in [3.8, 4) is 34.0 Å². The number of anilines is 1. The van der Waals surface area contributed by atoms with E-state index in [4.69, 9.17) is 9.84 Å². The fourth-order valence-corrected chi connectivity index (χ4v) is 4.27. The van der Waals surface area contributed by atoms with Crippen molar-refractivity contribution in [2.24, 2.45) is 0 Å². The van der Waals surface area contributed by atoms with Crippen molar-refractivity contribution >= 4 is 17.6 Å². The number of hydrogen-bond acceptors (Lipinski definition) is 4. The van der Waals surface area contributed by atoms with Crippen LogP contribution < -0.4 is 10.1 Å². The number of halogens is 1. The van der Waals surface area contributed by atoms with Gasteiger partial charge in [0.2, 0.25) is 5.88 Å². The molecule has 0 atom stereocenters. The number of aromatic nitrogens is 2. The summed E-state index contributed by atoms with van der Waals surface area (Å²) in [4.78, 5) is 24.9. The van der Waals surface area contributed by atoms with Crippen LogP contribution in [0.2, 0.25) is 0 Å². The third kappa shape index (κ3) is 5.62. The molecule has 0 saturated carbocycles. The summed E-state index contributed by atoms with van der Waals surface area (Å²) in [7, 11) is 0. The third-order valence-corrected chi connectivity index (χ3v) is 6.19. The first-order valence-corrected chi connectivity index (χ1v) is 12.4. The second-order valence-electron chi connectivity index (χ2n) is 9.28. The van der Waals surface area contributed by atoms with Crippen LogP contribution >= 0.6 is 0 Å². The predicted octanol–water partition coefficient (Wildman–Crippen LogP) is 7.14. The molecule has 4 aromatic carbocycles. The third-order valence-electron chi connectivity index (χ3n) is 6.19. The highest BCUT2D eigenvalue weighted by atomic mass is 19.1. The van der Waals surface area contributed by atoms with E-state index >= 15 is 0 Å². The molecule has 1 N–H and O–H groups in total. The molecule has 5 aromatic rings. The van der Waals surface area contributed by atoms with Gasteiger partial charge in [-0.05, 0) is 74.0 Å². The molecule has 0 spiro atoms. The van der Waals surface area contributed by atoms with E-state index in [9.17, 15) is 14.0 Å². The molecule has 0 bridgehead atoms. The van der Waals surface area contributed by atoms with E-state index in [1.165, 1.54) is 23.7 Å². The van der Waals surface area contributed by atoms with Crippen molar-refractivity contribution < 1.29 is 18.7 Å². The van der Waals surface area contributed by atoms with Gasteiger partial charge < -0.3 is 10.1 Å². The molecule has 0 saturated heterocycles. The molecule has 0 radical (unpaired) electrons. The molecule has 0 aliphatic carbocycles. The summed E-state index contributed by atoms with van der Waals surface area (Å²) >= 11 is 0. The standard InChI is InChI=1S/C32H26FN3O3/c1-20-7-9-24(10-8-20)31(38)34-27-15-11-23(12-16-27)29-30(25-6-4-5-21(2)19-25)35-36(32(29)39-22(3)37)28-17-13-26(33)14-18-28/h4-19H,1-3H3,(H,34,38). The van der Waals surface area contributed by atoms with Crippen molar-refractivity contribution in [3.63, 3.8) is 0 Å². The van der Waals surface area contributed by atoms with Crippen LogP contribution in [0.15, 0.2) is 97.1 Å². The first-order chi connectivity index (χ1) is 18.8. The number of aryl methyl sites for hydroxylation is 2. The number of esters is 1. The van der Waals surface area contributed by atoms with Crippen molar-refractivity contribution in [1.82, 2.24) is 9.78 Å². The van der Waals surface area contributed by atoms with Crippen LogP contribution in [-0.4, -0.2) is 21.7 Å². The van der Waals surface area contributed by atoms with Gasteiger partial charge in [0.25, 0.3) is 5.91 Å². The van der Waals surface area contributed by atoms with Gasteiger partial charge in [0, 0.05) is 23.7 Å². The number of carbonyl (C=O) groups excluding carboxylic acids is 2. The van der Waals surface area contributed by atoms with Gasteiger partial charge in [-0.15, -0.1) is 0 Å². The topological polar surface area (TPSA) is 73.2 Å². The van der Waals surface area contributed by atoms with Crippen LogP contribution in [0.3, 0.4) is 0 Å². The zero-order valence-corrected chi connectivity index (χ0v) is 21.7. The molecule has 6 nitrogen and oxygen atoms in total. The smallest absolute Gasteiger partial charge is 0.309 e. The number of ether oxygens (including phenoxy) is 1. The summed E-state index contributed by atoms with van der Waals surface area (Å²) in [6.07, 6.45) is 0. The molecule has 0 fully saturated rings. The van der Waals surface area contributed by atoms with E-state index in [0.29, 0.717) is 28.2 Å². The van der Waals surface area contributed by atoms with E-state index in [2.05, 4.69) is 5.32 Å². The monoisotopic (exact) mass is 519 g/mol. The molecule has 7 heteroatoms. The Bertz CT molecular complexity index is 1660. The first kappa shape index (κ1) is 25.6. The lowest BCUT2D eigenvalue weighted by Gasteiger charge is -2.11. The van der Waals surface area contributed by atoms with Gasteiger partial charge in [0.05, 0.1) is 11.3 Å². The molecule has 0 aliphatic heterocycles. The van der Waals surface area contributed by atoms with Crippen molar-refractivity contribution in [2.75, 3.05) is 5.32 Å². The van der Waals surface area contributed by atoms with Crippen molar-refractivity contribution in [1.29, 1.82) is 0 Å². The molecule has 1 amide bonds. The minimum Gasteiger partial charge on any atom is -0.407 e. The Morgan fingerprint density at radius 2 is 1.51 bits per heavy atom. The van der Waals surface area contributed by atoms with E-state index in [-0.39, 0.29) is 17.6 Å². The van der Waals surface area contributed by atoms with E-state index in [0.717, 1.165) is 22.3 Å². The Kier molecular flexibility index (Phi) is 7.06. The summed E-state index contributed by atoms with van der Waals surface area (Å²) in [6.45, 7) is 5.27. The maximum Gasteiger partial charge on any atom is 0.309 e. The molecule has 1 aromatic heterocycles. The second-order valence-corrected chi connectivity index (χ2v) is 9.28. The summed E-state index contributed by atoms with van der Waals surface area (Å²) < 4.78 is 20.9. The van der Waals surface area contributed by atoms with Gasteiger partial charge in [0.15, 0.2) is 0 Å². The second kappa shape index (κ2) is 10.8. The van der Waals surface area contributed by atoms with Crippen LogP contribution in [0.5, 0.6) is 5.88 Å². The number of amides is 1. The van der Waals surface area contributed by atoms with E-state index in [1.54, 1.807) is 36.4 Å². The predicted molar refractivity (Wildman–Crippen MR) is 150 cm³/mol. The molecule has 194 valence electrons. The Morgan fingerprint density at radius 3 is 2.15 bits per heavy atom. The maximum absolute atomic E-state index is 13.7. The highest BCUT2D eigenvalue weighted by molar-refractivity contribution is 6.04. The van der Waals surface area contributed by atoms with Gasteiger partial charge in [-0.3, -0.25) is 9.59 Å². The van der Waals surface area contributed by atoms with Gasteiger partial charge in [-0.1, -0.05) is 53.6 Å². The first-order valence-electron chi connectivity index (χ1n) is 12.4. The van der Waals surface area contributed by atoms with E-state index in [1.807, 2.05) is 62.4 Å². The summed E-state index contributed by atoms with van der Waals surface area (Å²) in [5, 5.41) is 7.73. The Labute approximate surface area is 225 Å². The molecular formula is C32H26FN3O3. The minimum atomic E-state index is -0.516. The normalized spacial score (nSPS) is 10.8. The molecule has 39 heavy (non-hydrogen) atoms. The Balaban J connectivity index is 1.60. The summed E-state index contributed by atoms with van der Waals surface area (Å²) in [5.74, 6) is -0.908. The number of hydrogen-bond donors (Lipinski definition) is 1. The van der Waals surface area contributed by atoms with Gasteiger partial charge in [-0.2, -0.15) is 9.78 Å². The largest absolute Gasteiger partial charge is 0.407 e. The van der Waals surface area contributed by atoms with Crippen molar-refractivity contribution in [3.05, 3.63) is 120 Å². The average Bonchev–Trinajstić information content (AvgIpc) is 3.28. The van der Waals surface area contributed by atoms with Crippen LogP contribution in [0, 0.1) is 19.7 Å². The lowest BCUT2D eigenvalue weighted by atomic mass is 10.00. The number of benzene rings is 4. The van der Waals surface area contributed by atoms with Gasteiger partial charge in [-0.25, -0.2) is 4.39 Å². The Morgan fingerprint density at radius 1 is 0.821 bits per heavy atom. The molecule has 1 heterocycles. The minimum absolute atomic E-state index is 0.210. The van der Waals surface area contributed by atoms with Crippen LogP contribution in [0.1, 0.15) is 28.4 Å². The SMILES string of the molecule is CC(=O)Oc1c(-c2ccc(NC(=O)c3ccc(C)cc3)cc2)c(-c2cccc(C)c2)nn1-c1ccc(F)cc1. The van der Waals surface area contributed by atoms with Gasteiger partial charge >= 0.3 is 5.97 Å². The summed E-state index contributed by atoms with van der Waals surface area (Å²) in [5.41, 5.74) is 6.57. The molecule has 5 rings (SSSR count). The summed E-state index contributed by atoms with van der Waals surface area (Å²) in [6, 6.07) is 28.2. The van der Waals surface area contributed by atoms with Gasteiger partial charge in [0.1, 0.15) is 11.5 Å². The quantitative estimate of drug-likeness (QED) is 0.242. The van der Waals surface area contributed by atoms with Crippen LogP contribution in [0.25, 0.3) is 28.1 Å². The maximum atomic E-state index is 13.7.